The summed E-state index contributed by atoms with van der Waals surface area (Å²) in [6.45, 7) is -0.423. The Hall–Kier alpha value is -2.01. The van der Waals surface area contributed by atoms with Crippen LogP contribution < -0.4 is 11.5 Å². The third-order valence-corrected chi connectivity index (χ3v) is 3.26. The van der Waals surface area contributed by atoms with Crippen molar-refractivity contribution in [3.05, 3.63) is 6.20 Å². The van der Waals surface area contributed by atoms with Gasteiger partial charge in [0.2, 0.25) is 5.95 Å². The molecular weight excluding hydrogens is 268 g/mol. The zero-order valence-corrected chi connectivity index (χ0v) is 10.3. The molecule has 1 aliphatic rings. The van der Waals surface area contributed by atoms with Gasteiger partial charge in [-0.15, -0.1) is 0 Å². The van der Waals surface area contributed by atoms with Crippen LogP contribution in [-0.4, -0.2) is 60.0 Å². The number of rotatable bonds is 2. The molecule has 0 radical (unpaired) electrons. The van der Waals surface area contributed by atoms with Crippen molar-refractivity contribution in [2.45, 2.75) is 24.5 Å². The van der Waals surface area contributed by atoms with Crippen LogP contribution in [0.4, 0.5) is 11.8 Å². The number of aromatic nitrogens is 4. The van der Waals surface area contributed by atoms with Gasteiger partial charge in [0, 0.05) is 0 Å². The minimum absolute atomic E-state index is 0.0384. The van der Waals surface area contributed by atoms with Gasteiger partial charge in [-0.2, -0.15) is 15.1 Å². The first kappa shape index (κ1) is 13.0. The van der Waals surface area contributed by atoms with Gasteiger partial charge < -0.3 is 31.5 Å². The summed E-state index contributed by atoms with van der Waals surface area (Å²) in [5.41, 5.74) is 11.5. The SMILES string of the molecule is Nc1nc(N)c2cnn(C3O[C@H](CO)[C@@H](O)[C@H]3O)c2n1. The Kier molecular flexibility index (Phi) is 2.94. The Balaban J connectivity index is 2.07. The van der Waals surface area contributed by atoms with E-state index in [1.54, 1.807) is 0 Å². The largest absolute Gasteiger partial charge is 0.394 e. The first-order chi connectivity index (χ1) is 9.52. The van der Waals surface area contributed by atoms with Gasteiger partial charge >= 0.3 is 0 Å². The quantitative estimate of drug-likeness (QED) is 0.403. The number of aliphatic hydroxyl groups excluding tert-OH is 3. The molecule has 10 heteroatoms. The number of hydrogen-bond acceptors (Lipinski definition) is 9. The van der Waals surface area contributed by atoms with E-state index in [1.165, 1.54) is 10.9 Å². The van der Waals surface area contributed by atoms with Gasteiger partial charge in [-0.05, 0) is 0 Å². The monoisotopic (exact) mass is 282 g/mol. The summed E-state index contributed by atoms with van der Waals surface area (Å²) in [5.74, 6) is 0.119. The molecule has 3 heterocycles. The zero-order valence-electron chi connectivity index (χ0n) is 10.3. The first-order valence-corrected chi connectivity index (χ1v) is 5.91. The number of hydrogen-bond donors (Lipinski definition) is 5. The molecule has 0 spiro atoms. The average Bonchev–Trinajstić information content (AvgIpc) is 2.93. The molecule has 1 aliphatic heterocycles. The van der Waals surface area contributed by atoms with Gasteiger partial charge in [0.05, 0.1) is 18.2 Å². The summed E-state index contributed by atoms with van der Waals surface area (Å²) < 4.78 is 6.63. The number of ether oxygens (including phenoxy) is 1. The molecule has 108 valence electrons. The molecule has 0 amide bonds. The molecule has 4 atom stereocenters. The van der Waals surface area contributed by atoms with Crippen LogP contribution in [0.15, 0.2) is 6.20 Å². The van der Waals surface area contributed by atoms with E-state index in [0.717, 1.165) is 0 Å². The van der Waals surface area contributed by atoms with Crippen LogP contribution in [0.1, 0.15) is 6.23 Å². The molecule has 7 N–H and O–H groups in total. The molecule has 1 unspecified atom stereocenters. The number of aliphatic hydroxyl groups is 3. The van der Waals surface area contributed by atoms with Gasteiger partial charge in [-0.1, -0.05) is 0 Å². The Bertz CT molecular complexity index is 646. The highest BCUT2D eigenvalue weighted by Crippen LogP contribution is 2.31. The van der Waals surface area contributed by atoms with E-state index in [-0.39, 0.29) is 17.4 Å². The predicted octanol–water partition coefficient (Wildman–Crippen LogP) is -2.40. The van der Waals surface area contributed by atoms with Gasteiger partial charge in [-0.3, -0.25) is 0 Å². The molecular formula is C10H14N6O4. The maximum absolute atomic E-state index is 9.98. The van der Waals surface area contributed by atoms with E-state index in [1.807, 2.05) is 0 Å². The summed E-state index contributed by atoms with van der Waals surface area (Å²) in [6, 6.07) is 0. The van der Waals surface area contributed by atoms with E-state index in [0.29, 0.717) is 5.39 Å². The van der Waals surface area contributed by atoms with E-state index >= 15 is 0 Å². The lowest BCUT2D eigenvalue weighted by Gasteiger charge is -2.15. The van der Waals surface area contributed by atoms with Crippen molar-refractivity contribution in [2.75, 3.05) is 18.1 Å². The molecule has 1 fully saturated rings. The molecule has 2 aromatic rings. The van der Waals surface area contributed by atoms with Crippen molar-refractivity contribution in [3.63, 3.8) is 0 Å². The van der Waals surface area contributed by atoms with Crippen LogP contribution in [0.5, 0.6) is 0 Å². The third-order valence-electron chi connectivity index (χ3n) is 3.26. The minimum Gasteiger partial charge on any atom is -0.394 e. The molecule has 3 rings (SSSR count). The van der Waals surface area contributed by atoms with Crippen LogP contribution in [0.2, 0.25) is 0 Å². The van der Waals surface area contributed by atoms with Crippen molar-refractivity contribution >= 4 is 22.8 Å². The van der Waals surface area contributed by atoms with Crippen molar-refractivity contribution in [1.82, 2.24) is 19.7 Å². The number of fused-ring (bicyclic) bond motifs is 1. The minimum atomic E-state index is -1.26. The fourth-order valence-electron chi connectivity index (χ4n) is 2.23. The van der Waals surface area contributed by atoms with Crippen LogP contribution in [0, 0.1) is 0 Å². The molecule has 10 nitrogen and oxygen atoms in total. The fraction of sp³-hybridized carbons (Fsp3) is 0.500. The van der Waals surface area contributed by atoms with Gasteiger partial charge in [-0.25, -0.2) is 4.68 Å². The van der Waals surface area contributed by atoms with E-state index < -0.39 is 31.1 Å². The fourth-order valence-corrected chi connectivity index (χ4v) is 2.23. The topological polar surface area (TPSA) is 166 Å². The molecule has 0 bridgehead atoms. The highest BCUT2D eigenvalue weighted by atomic mass is 16.6. The predicted molar refractivity (Wildman–Crippen MR) is 67.2 cm³/mol. The average molecular weight is 282 g/mol. The standard InChI is InChI=1S/C10H14N6O4/c11-7-3-1-13-16(8(3)15-10(12)14-7)9-6(19)5(18)4(2-17)20-9/h1,4-6,9,17-19H,2H2,(H4,11,12,14,15)/t4-,5-,6-,9?/m1/s1. The summed E-state index contributed by atoms with van der Waals surface area (Å²) in [5, 5.41) is 33.3. The summed E-state index contributed by atoms with van der Waals surface area (Å²) in [6.07, 6.45) is -2.95. The number of anilines is 2. The number of nitrogen functional groups attached to an aromatic ring is 2. The van der Waals surface area contributed by atoms with Crippen molar-refractivity contribution < 1.29 is 20.1 Å². The molecule has 20 heavy (non-hydrogen) atoms. The maximum atomic E-state index is 9.98. The molecule has 1 saturated heterocycles. The summed E-state index contributed by atoms with van der Waals surface area (Å²) in [7, 11) is 0. The number of nitrogens with zero attached hydrogens (tertiary/aromatic N) is 4. The van der Waals surface area contributed by atoms with Crippen LogP contribution in [0.25, 0.3) is 11.0 Å². The second-order valence-corrected chi connectivity index (χ2v) is 4.52. The summed E-state index contributed by atoms with van der Waals surface area (Å²) in [4.78, 5) is 7.81. The van der Waals surface area contributed by atoms with Crippen molar-refractivity contribution in [1.29, 1.82) is 0 Å². The second-order valence-electron chi connectivity index (χ2n) is 4.52. The lowest BCUT2D eigenvalue weighted by atomic mass is 10.1. The normalized spacial score (nSPS) is 30.1. The molecule has 0 aromatic carbocycles. The van der Waals surface area contributed by atoms with Crippen molar-refractivity contribution in [2.24, 2.45) is 0 Å². The van der Waals surface area contributed by atoms with Gasteiger partial charge in [0.25, 0.3) is 0 Å². The van der Waals surface area contributed by atoms with E-state index in [9.17, 15) is 10.2 Å². The van der Waals surface area contributed by atoms with Crippen LogP contribution >= 0.6 is 0 Å². The molecule has 2 aromatic heterocycles. The number of nitrogens with two attached hydrogens (primary N) is 2. The van der Waals surface area contributed by atoms with Crippen LogP contribution in [0.3, 0.4) is 0 Å². The Morgan fingerprint density at radius 3 is 2.65 bits per heavy atom. The highest BCUT2D eigenvalue weighted by molar-refractivity contribution is 5.86. The van der Waals surface area contributed by atoms with E-state index in [2.05, 4.69) is 15.1 Å². The Morgan fingerprint density at radius 1 is 1.25 bits per heavy atom. The lowest BCUT2D eigenvalue weighted by Crippen LogP contribution is -2.33. The summed E-state index contributed by atoms with van der Waals surface area (Å²) >= 11 is 0. The second kappa shape index (κ2) is 4.52. The Labute approximate surface area is 112 Å². The first-order valence-electron chi connectivity index (χ1n) is 5.91. The maximum Gasteiger partial charge on any atom is 0.224 e. The zero-order chi connectivity index (χ0) is 14.4. The van der Waals surface area contributed by atoms with Gasteiger partial charge in [0.1, 0.15) is 24.1 Å². The van der Waals surface area contributed by atoms with Crippen molar-refractivity contribution in [3.8, 4) is 0 Å². The lowest BCUT2D eigenvalue weighted by molar-refractivity contribution is -0.0566. The molecule has 0 saturated carbocycles. The Morgan fingerprint density at radius 2 is 2.00 bits per heavy atom. The highest BCUT2D eigenvalue weighted by Gasteiger charge is 2.44. The van der Waals surface area contributed by atoms with E-state index in [4.69, 9.17) is 21.3 Å². The van der Waals surface area contributed by atoms with Crippen LogP contribution in [-0.2, 0) is 4.74 Å². The smallest absolute Gasteiger partial charge is 0.224 e. The third kappa shape index (κ3) is 1.78. The van der Waals surface area contributed by atoms with Gasteiger partial charge in [0.15, 0.2) is 11.9 Å². The molecule has 0 aliphatic carbocycles.